The zero-order valence-electron chi connectivity index (χ0n) is 7.55. The van der Waals surface area contributed by atoms with Crippen molar-refractivity contribution in [3.63, 3.8) is 0 Å². The van der Waals surface area contributed by atoms with Gasteiger partial charge in [0.25, 0.3) is 0 Å². The molecule has 1 heterocycles. The van der Waals surface area contributed by atoms with E-state index in [1.807, 2.05) is 0 Å². The van der Waals surface area contributed by atoms with Gasteiger partial charge in [0.1, 0.15) is 6.04 Å². The molecular formula is C7H13N3O3. The van der Waals surface area contributed by atoms with Gasteiger partial charge in [0.05, 0.1) is 6.61 Å². The molecule has 1 aliphatic rings. The number of carbonyl (C=O) groups is 2. The normalized spacial score (nSPS) is 23.8. The lowest BCUT2D eigenvalue weighted by atomic mass is 9.85. The summed E-state index contributed by atoms with van der Waals surface area (Å²) in [6.45, 7) is 3.30. The van der Waals surface area contributed by atoms with Gasteiger partial charge in [-0.3, -0.25) is 15.5 Å². The van der Waals surface area contributed by atoms with Crippen LogP contribution in [0.1, 0.15) is 13.8 Å². The monoisotopic (exact) mass is 187 g/mol. The molecule has 0 bridgehead atoms. The van der Waals surface area contributed by atoms with Crippen LogP contribution in [-0.2, 0) is 4.79 Å². The summed E-state index contributed by atoms with van der Waals surface area (Å²) in [7, 11) is 0. The number of hydrazine groups is 1. The van der Waals surface area contributed by atoms with Crippen molar-refractivity contribution in [2.24, 2.45) is 5.41 Å². The van der Waals surface area contributed by atoms with Crippen molar-refractivity contribution in [2.45, 2.75) is 19.9 Å². The number of amides is 3. The van der Waals surface area contributed by atoms with Crippen LogP contribution < -0.4 is 16.2 Å². The highest BCUT2D eigenvalue weighted by Gasteiger charge is 2.38. The molecule has 0 spiro atoms. The molecule has 0 aromatic carbocycles. The van der Waals surface area contributed by atoms with Crippen molar-refractivity contribution in [1.82, 2.24) is 16.2 Å². The zero-order valence-corrected chi connectivity index (χ0v) is 7.55. The van der Waals surface area contributed by atoms with Gasteiger partial charge in [0, 0.05) is 5.41 Å². The highest BCUT2D eigenvalue weighted by molar-refractivity contribution is 5.99. The lowest BCUT2D eigenvalue weighted by molar-refractivity contribution is -0.127. The molecule has 1 atom stereocenters. The third kappa shape index (κ3) is 1.96. The van der Waals surface area contributed by atoms with Crippen molar-refractivity contribution in [2.75, 3.05) is 6.61 Å². The number of imide groups is 1. The Balaban J connectivity index is 2.71. The van der Waals surface area contributed by atoms with Gasteiger partial charge in [-0.15, -0.1) is 0 Å². The van der Waals surface area contributed by atoms with E-state index in [9.17, 15) is 9.59 Å². The molecule has 1 aliphatic heterocycles. The van der Waals surface area contributed by atoms with E-state index < -0.39 is 23.4 Å². The fraction of sp³-hybridized carbons (Fsp3) is 0.714. The molecule has 4 N–H and O–H groups in total. The van der Waals surface area contributed by atoms with Crippen LogP contribution in [-0.4, -0.2) is 29.7 Å². The van der Waals surface area contributed by atoms with E-state index in [0.29, 0.717) is 0 Å². The molecule has 6 heteroatoms. The number of carbonyl (C=O) groups excluding carboxylic acids is 2. The van der Waals surface area contributed by atoms with E-state index in [0.717, 1.165) is 0 Å². The van der Waals surface area contributed by atoms with Crippen molar-refractivity contribution < 1.29 is 14.7 Å². The lowest BCUT2D eigenvalue weighted by Crippen LogP contribution is -2.67. The molecule has 6 nitrogen and oxygen atoms in total. The van der Waals surface area contributed by atoms with Gasteiger partial charge in [0.15, 0.2) is 0 Å². The Morgan fingerprint density at radius 3 is 2.54 bits per heavy atom. The van der Waals surface area contributed by atoms with Gasteiger partial charge in [-0.05, 0) is 0 Å². The minimum atomic E-state index is -0.616. The SMILES string of the molecule is CC(C)(CO)C1NNC(=O)NC1=O. The molecule has 1 fully saturated rings. The summed E-state index contributed by atoms with van der Waals surface area (Å²) in [6.07, 6.45) is 0. The Morgan fingerprint density at radius 1 is 1.46 bits per heavy atom. The van der Waals surface area contributed by atoms with Crippen LogP contribution in [0.2, 0.25) is 0 Å². The maximum atomic E-state index is 11.3. The second-order valence-corrected chi connectivity index (χ2v) is 3.67. The first-order valence-electron chi connectivity index (χ1n) is 3.94. The van der Waals surface area contributed by atoms with Crippen molar-refractivity contribution in [1.29, 1.82) is 0 Å². The van der Waals surface area contributed by atoms with Gasteiger partial charge in [-0.2, -0.15) is 0 Å². The molecule has 13 heavy (non-hydrogen) atoms. The summed E-state index contributed by atoms with van der Waals surface area (Å²) < 4.78 is 0. The summed E-state index contributed by atoms with van der Waals surface area (Å²) in [5, 5.41) is 11.1. The predicted molar refractivity (Wildman–Crippen MR) is 44.5 cm³/mol. The van der Waals surface area contributed by atoms with Crippen LogP contribution in [0.3, 0.4) is 0 Å². The summed E-state index contributed by atoms with van der Waals surface area (Å²) in [4.78, 5) is 21.9. The molecule has 1 unspecified atom stereocenters. The largest absolute Gasteiger partial charge is 0.396 e. The van der Waals surface area contributed by atoms with Crippen LogP contribution in [0.25, 0.3) is 0 Å². The molecule has 1 saturated heterocycles. The first-order chi connectivity index (χ1) is 5.97. The first-order valence-corrected chi connectivity index (χ1v) is 3.94. The van der Waals surface area contributed by atoms with Gasteiger partial charge >= 0.3 is 6.03 Å². The summed E-state index contributed by atoms with van der Waals surface area (Å²) in [6, 6.07) is -1.19. The van der Waals surface area contributed by atoms with Crippen molar-refractivity contribution in [3.8, 4) is 0 Å². The Morgan fingerprint density at radius 2 is 2.08 bits per heavy atom. The number of rotatable bonds is 2. The van der Waals surface area contributed by atoms with Gasteiger partial charge < -0.3 is 5.11 Å². The van der Waals surface area contributed by atoms with E-state index in [1.165, 1.54) is 0 Å². The fourth-order valence-corrected chi connectivity index (χ4v) is 1.06. The lowest BCUT2D eigenvalue weighted by Gasteiger charge is -2.34. The average molecular weight is 187 g/mol. The average Bonchev–Trinajstić information content (AvgIpc) is 2.03. The number of aliphatic hydroxyl groups is 1. The van der Waals surface area contributed by atoms with Crippen molar-refractivity contribution >= 4 is 11.9 Å². The molecule has 74 valence electrons. The third-order valence-corrected chi connectivity index (χ3v) is 2.02. The highest BCUT2D eigenvalue weighted by atomic mass is 16.3. The molecule has 1 rings (SSSR count). The number of urea groups is 1. The summed E-state index contributed by atoms with van der Waals surface area (Å²) in [5.41, 5.74) is 4.20. The Bertz CT molecular complexity index is 239. The standard InChI is InChI=1S/C7H13N3O3/c1-7(2,3-11)4-5(12)8-6(13)10-9-4/h4,9,11H,3H2,1-2H3,(H2,8,10,12,13). The molecule has 3 amide bonds. The minimum absolute atomic E-state index is 0.145. The molecular weight excluding hydrogens is 174 g/mol. The number of nitrogens with one attached hydrogen (secondary N) is 3. The highest BCUT2D eigenvalue weighted by Crippen LogP contribution is 2.20. The van der Waals surface area contributed by atoms with Crippen LogP contribution in [0.15, 0.2) is 0 Å². The first kappa shape index (κ1) is 9.94. The Labute approximate surface area is 75.7 Å². The Hall–Kier alpha value is -1.14. The summed E-state index contributed by atoms with van der Waals surface area (Å²) in [5.74, 6) is -0.428. The number of hydrogen-bond donors (Lipinski definition) is 4. The molecule has 0 radical (unpaired) electrons. The van der Waals surface area contributed by atoms with Crippen LogP contribution in [0.4, 0.5) is 4.79 Å². The molecule has 0 saturated carbocycles. The van der Waals surface area contributed by atoms with E-state index >= 15 is 0 Å². The molecule has 0 aromatic rings. The summed E-state index contributed by atoms with van der Waals surface area (Å²) >= 11 is 0. The van der Waals surface area contributed by atoms with Crippen molar-refractivity contribution in [3.05, 3.63) is 0 Å². The third-order valence-electron chi connectivity index (χ3n) is 2.02. The van der Waals surface area contributed by atoms with Gasteiger partial charge in [-0.25, -0.2) is 10.2 Å². The zero-order chi connectivity index (χ0) is 10.1. The predicted octanol–water partition coefficient (Wildman–Crippen LogP) is -1.28. The molecule has 0 aliphatic carbocycles. The fourth-order valence-electron chi connectivity index (χ4n) is 1.06. The second kappa shape index (κ2) is 3.31. The van der Waals surface area contributed by atoms with Crippen LogP contribution in [0.5, 0.6) is 0 Å². The van der Waals surface area contributed by atoms with Gasteiger partial charge in [-0.1, -0.05) is 13.8 Å². The van der Waals surface area contributed by atoms with Crippen LogP contribution >= 0.6 is 0 Å². The second-order valence-electron chi connectivity index (χ2n) is 3.67. The topological polar surface area (TPSA) is 90.5 Å². The van der Waals surface area contributed by atoms with E-state index in [1.54, 1.807) is 13.8 Å². The van der Waals surface area contributed by atoms with E-state index in [2.05, 4.69) is 16.2 Å². The Kier molecular flexibility index (Phi) is 2.53. The smallest absolute Gasteiger partial charge is 0.335 e. The van der Waals surface area contributed by atoms with Gasteiger partial charge in [0.2, 0.25) is 5.91 Å². The maximum absolute atomic E-state index is 11.3. The minimum Gasteiger partial charge on any atom is -0.396 e. The molecule has 0 aromatic heterocycles. The van der Waals surface area contributed by atoms with Crippen LogP contribution in [0, 0.1) is 5.41 Å². The van der Waals surface area contributed by atoms with E-state index in [-0.39, 0.29) is 6.61 Å². The van der Waals surface area contributed by atoms with E-state index in [4.69, 9.17) is 5.11 Å². The number of aliphatic hydroxyl groups excluding tert-OH is 1. The number of hydrogen-bond acceptors (Lipinski definition) is 4. The maximum Gasteiger partial charge on any atom is 0.335 e. The quantitative estimate of drug-likeness (QED) is 0.433.